The largest absolute Gasteiger partial charge is 0.490 e. The lowest BCUT2D eigenvalue weighted by Gasteiger charge is -2.29. The highest BCUT2D eigenvalue weighted by Crippen LogP contribution is 2.31. The molecule has 1 aromatic carbocycles. The first-order valence-electron chi connectivity index (χ1n) is 8.12. The van der Waals surface area contributed by atoms with Crippen molar-refractivity contribution in [3.05, 3.63) is 18.2 Å². The lowest BCUT2D eigenvalue weighted by atomic mass is 9.99. The molecule has 1 saturated heterocycles. The number of benzene rings is 1. The molecule has 0 bridgehead atoms. The number of hydrogen-bond acceptors (Lipinski definition) is 5. The van der Waals surface area contributed by atoms with Crippen LogP contribution in [0.1, 0.15) is 19.3 Å². The van der Waals surface area contributed by atoms with Crippen LogP contribution in [0.25, 0.3) is 0 Å². The van der Waals surface area contributed by atoms with Crippen molar-refractivity contribution in [3.63, 3.8) is 0 Å². The number of rotatable bonds is 4. The van der Waals surface area contributed by atoms with E-state index in [2.05, 4.69) is 16.7 Å². The fourth-order valence-corrected chi connectivity index (χ4v) is 4.19. The minimum absolute atomic E-state index is 0.228. The first-order chi connectivity index (χ1) is 11.0. The zero-order valence-electron chi connectivity index (χ0n) is 13.5. The average molecular weight is 340 g/mol. The molecule has 0 radical (unpaired) electrons. The van der Waals surface area contributed by atoms with Crippen molar-refractivity contribution in [2.45, 2.75) is 24.2 Å². The van der Waals surface area contributed by atoms with Gasteiger partial charge in [-0.3, -0.25) is 0 Å². The molecule has 1 aromatic rings. The lowest BCUT2D eigenvalue weighted by Crippen LogP contribution is -2.39. The third kappa shape index (κ3) is 4.16. The molecule has 128 valence electrons. The first kappa shape index (κ1) is 16.5. The van der Waals surface area contributed by atoms with Crippen molar-refractivity contribution in [1.82, 2.24) is 9.62 Å². The molecule has 0 aliphatic carbocycles. The Balaban J connectivity index is 1.68. The highest BCUT2D eigenvalue weighted by atomic mass is 32.2. The van der Waals surface area contributed by atoms with E-state index in [0.717, 1.165) is 32.4 Å². The molecule has 1 fully saturated rings. The van der Waals surface area contributed by atoms with Crippen LogP contribution in [0.3, 0.4) is 0 Å². The van der Waals surface area contributed by atoms with Gasteiger partial charge in [-0.1, -0.05) is 0 Å². The maximum atomic E-state index is 12.5. The summed E-state index contributed by atoms with van der Waals surface area (Å²) in [5.74, 6) is 1.47. The number of nitrogens with zero attached hydrogens (tertiary/aromatic N) is 1. The van der Waals surface area contributed by atoms with Crippen molar-refractivity contribution in [1.29, 1.82) is 0 Å². The summed E-state index contributed by atoms with van der Waals surface area (Å²) in [5, 5.41) is 0. The van der Waals surface area contributed by atoms with Crippen LogP contribution in [0.15, 0.2) is 23.1 Å². The number of sulfonamides is 1. The Hall–Kier alpha value is -1.31. The van der Waals surface area contributed by atoms with Crippen molar-refractivity contribution >= 4 is 10.0 Å². The van der Waals surface area contributed by atoms with Crippen molar-refractivity contribution in [3.8, 4) is 11.5 Å². The second-order valence-electron chi connectivity index (χ2n) is 6.28. The molecule has 0 saturated carbocycles. The predicted octanol–water partition coefficient (Wildman–Crippen LogP) is 1.47. The van der Waals surface area contributed by atoms with E-state index in [1.165, 1.54) is 0 Å². The minimum atomic E-state index is -3.53. The van der Waals surface area contributed by atoms with Gasteiger partial charge in [0.1, 0.15) is 0 Å². The summed E-state index contributed by atoms with van der Waals surface area (Å²) in [5.41, 5.74) is 0. The van der Waals surface area contributed by atoms with E-state index in [1.54, 1.807) is 18.2 Å². The van der Waals surface area contributed by atoms with E-state index < -0.39 is 10.0 Å². The monoisotopic (exact) mass is 340 g/mol. The molecule has 1 N–H and O–H groups in total. The Labute approximate surface area is 137 Å². The topological polar surface area (TPSA) is 67.9 Å². The van der Waals surface area contributed by atoms with Gasteiger partial charge in [0, 0.05) is 25.6 Å². The molecule has 2 aliphatic heterocycles. The summed E-state index contributed by atoms with van der Waals surface area (Å²) in [7, 11) is -1.45. The van der Waals surface area contributed by atoms with Crippen LogP contribution >= 0.6 is 0 Å². The van der Waals surface area contributed by atoms with Crippen LogP contribution in [0.5, 0.6) is 11.5 Å². The fourth-order valence-electron chi connectivity index (χ4n) is 3.06. The molecule has 0 amide bonds. The Morgan fingerprint density at radius 2 is 2.00 bits per heavy atom. The number of ether oxygens (including phenoxy) is 2. The SMILES string of the molecule is CN1CCC[C@H](CNS(=O)(=O)c2ccc3c(c2)OCCCO3)C1. The van der Waals surface area contributed by atoms with Gasteiger partial charge < -0.3 is 14.4 Å². The summed E-state index contributed by atoms with van der Waals surface area (Å²) in [6.45, 7) is 3.63. The van der Waals surface area contributed by atoms with Gasteiger partial charge in [0.05, 0.1) is 18.1 Å². The standard InChI is InChI=1S/C16H24N2O4S/c1-18-7-2-4-13(12-18)11-17-23(19,20)14-5-6-15-16(10-14)22-9-3-8-21-15/h5-6,10,13,17H,2-4,7-9,11-12H2,1H3/t13-/m1/s1. The van der Waals surface area contributed by atoms with Crippen LogP contribution in [-0.2, 0) is 10.0 Å². The Kier molecular flexibility index (Phi) is 5.08. The van der Waals surface area contributed by atoms with Gasteiger partial charge in [0.25, 0.3) is 0 Å². The predicted molar refractivity (Wildman–Crippen MR) is 87.5 cm³/mol. The minimum Gasteiger partial charge on any atom is -0.490 e. The van der Waals surface area contributed by atoms with Crippen LogP contribution in [0.2, 0.25) is 0 Å². The first-order valence-corrected chi connectivity index (χ1v) is 9.61. The molecule has 6 nitrogen and oxygen atoms in total. The lowest BCUT2D eigenvalue weighted by molar-refractivity contribution is 0.211. The summed E-state index contributed by atoms with van der Waals surface area (Å²) >= 11 is 0. The number of hydrogen-bond donors (Lipinski definition) is 1. The summed E-state index contributed by atoms with van der Waals surface area (Å²) in [6, 6.07) is 4.79. The molecular formula is C16H24N2O4S. The van der Waals surface area contributed by atoms with E-state index >= 15 is 0 Å². The third-order valence-corrected chi connectivity index (χ3v) is 5.73. The fraction of sp³-hybridized carbons (Fsp3) is 0.625. The van der Waals surface area contributed by atoms with Crippen LogP contribution in [0, 0.1) is 5.92 Å². The van der Waals surface area contributed by atoms with Gasteiger partial charge >= 0.3 is 0 Å². The third-order valence-electron chi connectivity index (χ3n) is 4.31. The van der Waals surface area contributed by atoms with Gasteiger partial charge in [-0.15, -0.1) is 0 Å². The summed E-state index contributed by atoms with van der Waals surface area (Å²) in [6.07, 6.45) is 2.98. The molecule has 2 heterocycles. The van der Waals surface area contributed by atoms with Crippen molar-refractivity contribution in [2.75, 3.05) is 39.9 Å². The Bertz CT molecular complexity index is 647. The van der Waals surface area contributed by atoms with Crippen LogP contribution < -0.4 is 14.2 Å². The van der Waals surface area contributed by atoms with Crippen LogP contribution in [-0.4, -0.2) is 53.2 Å². The molecular weight excluding hydrogens is 316 g/mol. The van der Waals surface area contributed by atoms with E-state index in [1.807, 2.05) is 0 Å². The second-order valence-corrected chi connectivity index (χ2v) is 8.05. The van der Waals surface area contributed by atoms with Crippen molar-refractivity contribution < 1.29 is 17.9 Å². The molecule has 0 aromatic heterocycles. The normalized spacial score (nSPS) is 22.6. The number of nitrogens with one attached hydrogen (secondary N) is 1. The smallest absolute Gasteiger partial charge is 0.240 e. The van der Waals surface area contributed by atoms with E-state index in [-0.39, 0.29) is 4.90 Å². The molecule has 1 atom stereocenters. The Morgan fingerprint density at radius 1 is 1.22 bits per heavy atom. The number of likely N-dealkylation sites (tertiary alicyclic amines) is 1. The quantitative estimate of drug-likeness (QED) is 0.899. The van der Waals surface area contributed by atoms with Gasteiger partial charge in [0.15, 0.2) is 11.5 Å². The van der Waals surface area contributed by atoms with Crippen LogP contribution in [0.4, 0.5) is 0 Å². The van der Waals surface area contributed by atoms with Gasteiger partial charge in [-0.2, -0.15) is 0 Å². The van der Waals surface area contributed by atoms with Gasteiger partial charge in [-0.25, -0.2) is 13.1 Å². The van der Waals surface area contributed by atoms with E-state index in [4.69, 9.17) is 9.47 Å². The molecule has 7 heteroatoms. The highest BCUT2D eigenvalue weighted by Gasteiger charge is 2.22. The molecule has 0 spiro atoms. The molecule has 3 rings (SSSR count). The molecule has 0 unspecified atom stereocenters. The summed E-state index contributed by atoms with van der Waals surface area (Å²) < 4.78 is 38.9. The number of fused-ring (bicyclic) bond motifs is 1. The average Bonchev–Trinajstić information content (AvgIpc) is 2.78. The van der Waals surface area contributed by atoms with E-state index in [0.29, 0.717) is 37.2 Å². The molecule has 23 heavy (non-hydrogen) atoms. The van der Waals surface area contributed by atoms with E-state index in [9.17, 15) is 8.42 Å². The zero-order valence-corrected chi connectivity index (χ0v) is 14.3. The molecule has 2 aliphatic rings. The van der Waals surface area contributed by atoms with Crippen molar-refractivity contribution in [2.24, 2.45) is 5.92 Å². The second kappa shape index (κ2) is 7.07. The Morgan fingerprint density at radius 3 is 2.78 bits per heavy atom. The maximum absolute atomic E-state index is 12.5. The summed E-state index contributed by atoms with van der Waals surface area (Å²) in [4.78, 5) is 2.47. The highest BCUT2D eigenvalue weighted by molar-refractivity contribution is 7.89. The van der Waals surface area contributed by atoms with Gasteiger partial charge in [0.2, 0.25) is 10.0 Å². The zero-order chi connectivity index (χ0) is 16.3. The van der Waals surface area contributed by atoms with Gasteiger partial charge in [-0.05, 0) is 44.5 Å². The number of piperidine rings is 1. The maximum Gasteiger partial charge on any atom is 0.240 e.